The lowest BCUT2D eigenvalue weighted by Gasteiger charge is -2.22. The molecule has 1 aliphatic rings. The second kappa shape index (κ2) is 7.96. The largest absolute Gasteiger partial charge is 0.493 e. The van der Waals surface area contributed by atoms with Gasteiger partial charge in [-0.3, -0.25) is 9.48 Å². The van der Waals surface area contributed by atoms with Crippen LogP contribution in [0.25, 0.3) is 0 Å². The number of carbonyl (C=O) groups is 1. The Kier molecular flexibility index (Phi) is 5.65. The van der Waals surface area contributed by atoms with Crippen LogP contribution in [-0.4, -0.2) is 36.5 Å². The Bertz CT molecular complexity index is 823. The van der Waals surface area contributed by atoms with E-state index in [1.807, 2.05) is 13.1 Å². The molecule has 8 heteroatoms. The van der Waals surface area contributed by atoms with Gasteiger partial charge >= 0.3 is 0 Å². The summed E-state index contributed by atoms with van der Waals surface area (Å²) in [5.74, 6) is -0.289. The number of benzene rings is 1. The molecule has 3 rings (SSSR count). The number of hydrogen-bond acceptors (Lipinski definition) is 5. The maximum atomic E-state index is 14.5. The van der Waals surface area contributed by atoms with Crippen LogP contribution >= 0.6 is 0 Å². The summed E-state index contributed by atoms with van der Waals surface area (Å²) in [5, 5.41) is 7.03. The number of rotatable bonds is 6. The van der Waals surface area contributed by atoms with Gasteiger partial charge in [0.2, 0.25) is 5.91 Å². The fourth-order valence-corrected chi connectivity index (χ4v) is 3.41. The molecule has 1 aromatic carbocycles. The van der Waals surface area contributed by atoms with E-state index in [0.717, 1.165) is 5.69 Å². The van der Waals surface area contributed by atoms with Gasteiger partial charge in [-0.05, 0) is 25.5 Å². The van der Waals surface area contributed by atoms with Crippen molar-refractivity contribution >= 4 is 5.91 Å². The van der Waals surface area contributed by atoms with Crippen LogP contribution in [0.1, 0.15) is 36.7 Å². The van der Waals surface area contributed by atoms with E-state index in [4.69, 9.17) is 14.2 Å². The average Bonchev–Trinajstić information content (AvgIpc) is 3.29. The zero-order valence-electron chi connectivity index (χ0n) is 15.9. The molecule has 1 N–H and O–H groups in total. The summed E-state index contributed by atoms with van der Waals surface area (Å²) < 4.78 is 32.3. The number of aromatic nitrogens is 2. The first-order valence-electron chi connectivity index (χ1n) is 8.77. The lowest BCUT2D eigenvalue weighted by atomic mass is 9.97. The molecule has 0 radical (unpaired) electrons. The number of carbonyl (C=O) groups excluding carboxylic acids is 1. The van der Waals surface area contributed by atoms with Crippen molar-refractivity contribution in [2.45, 2.75) is 25.5 Å². The predicted octanol–water partition coefficient (Wildman–Crippen LogP) is 2.53. The van der Waals surface area contributed by atoms with E-state index < -0.39 is 11.9 Å². The molecule has 1 fully saturated rings. The summed E-state index contributed by atoms with van der Waals surface area (Å²) in [4.78, 5) is 12.8. The van der Waals surface area contributed by atoms with E-state index in [9.17, 15) is 9.18 Å². The van der Waals surface area contributed by atoms with Crippen molar-refractivity contribution in [3.8, 4) is 11.5 Å². The van der Waals surface area contributed by atoms with Crippen molar-refractivity contribution in [1.29, 1.82) is 0 Å². The smallest absolute Gasteiger partial charge is 0.226 e. The maximum Gasteiger partial charge on any atom is 0.226 e. The van der Waals surface area contributed by atoms with Crippen LogP contribution in [0.5, 0.6) is 11.5 Å². The Hall–Kier alpha value is -2.61. The van der Waals surface area contributed by atoms with Crippen molar-refractivity contribution in [3.63, 3.8) is 0 Å². The van der Waals surface area contributed by atoms with E-state index in [0.29, 0.717) is 30.1 Å². The molecule has 0 spiro atoms. The zero-order valence-corrected chi connectivity index (χ0v) is 15.9. The molecular formula is C19H24FN3O4. The molecule has 1 aromatic heterocycles. The minimum Gasteiger partial charge on any atom is -0.493 e. The molecule has 27 heavy (non-hydrogen) atoms. The number of nitrogens with one attached hydrogen (secondary N) is 1. The second-order valence-corrected chi connectivity index (χ2v) is 6.53. The lowest BCUT2D eigenvalue weighted by molar-refractivity contribution is -0.127. The first-order valence-corrected chi connectivity index (χ1v) is 8.77. The van der Waals surface area contributed by atoms with Gasteiger partial charge in [-0.15, -0.1) is 0 Å². The molecule has 1 unspecified atom stereocenters. The summed E-state index contributed by atoms with van der Waals surface area (Å²) >= 11 is 0. The Morgan fingerprint density at radius 2 is 2.07 bits per heavy atom. The van der Waals surface area contributed by atoms with Crippen molar-refractivity contribution in [3.05, 3.63) is 41.5 Å². The normalized spacial score (nSPS) is 20.3. The van der Waals surface area contributed by atoms with Crippen LogP contribution in [-0.2, 0) is 16.6 Å². The molecule has 2 heterocycles. The molecule has 146 valence electrons. The number of nitrogens with zero attached hydrogens (tertiary/aromatic N) is 2. The molecule has 0 aliphatic carbocycles. The van der Waals surface area contributed by atoms with Gasteiger partial charge in [0.25, 0.3) is 0 Å². The van der Waals surface area contributed by atoms with Crippen LogP contribution in [0.15, 0.2) is 24.4 Å². The quantitative estimate of drug-likeness (QED) is 0.837. The highest BCUT2D eigenvalue weighted by Crippen LogP contribution is 2.36. The van der Waals surface area contributed by atoms with Gasteiger partial charge in [-0.25, -0.2) is 4.39 Å². The van der Waals surface area contributed by atoms with Gasteiger partial charge in [0.15, 0.2) is 11.5 Å². The highest BCUT2D eigenvalue weighted by atomic mass is 19.1. The van der Waals surface area contributed by atoms with Crippen LogP contribution < -0.4 is 14.8 Å². The predicted molar refractivity (Wildman–Crippen MR) is 96.1 cm³/mol. The fraction of sp³-hybridized carbons (Fsp3) is 0.474. The van der Waals surface area contributed by atoms with Crippen LogP contribution in [0.3, 0.4) is 0 Å². The third-order valence-electron chi connectivity index (χ3n) is 4.91. The first-order chi connectivity index (χ1) is 13.0. The van der Waals surface area contributed by atoms with Crippen LogP contribution in [0.4, 0.5) is 4.39 Å². The Morgan fingerprint density at radius 1 is 1.37 bits per heavy atom. The lowest BCUT2D eigenvalue weighted by Crippen LogP contribution is -2.35. The van der Waals surface area contributed by atoms with Crippen molar-refractivity contribution in [2.75, 3.05) is 20.8 Å². The minimum absolute atomic E-state index is 0.180. The second-order valence-electron chi connectivity index (χ2n) is 6.53. The molecule has 3 atom stereocenters. The highest BCUT2D eigenvalue weighted by Gasteiger charge is 2.37. The number of methoxy groups -OCH3 is 2. The number of ether oxygens (including phenoxy) is 3. The SMILES string of the molecule is COc1cc(F)c(C(C)NC(=O)[C@@H]2CCO[C@H]2c2ccnn2C)cc1OC. The topological polar surface area (TPSA) is 74.6 Å². The molecule has 0 bridgehead atoms. The third-order valence-corrected chi connectivity index (χ3v) is 4.91. The first kappa shape index (κ1) is 19.2. The van der Waals surface area contributed by atoms with E-state index in [1.165, 1.54) is 20.3 Å². The maximum absolute atomic E-state index is 14.5. The van der Waals surface area contributed by atoms with Crippen molar-refractivity contribution < 1.29 is 23.4 Å². The molecule has 1 aliphatic heterocycles. The average molecular weight is 377 g/mol. The number of halogens is 1. The Balaban J connectivity index is 1.77. The Labute approximate surface area is 157 Å². The van der Waals surface area contributed by atoms with Crippen LogP contribution in [0, 0.1) is 11.7 Å². The van der Waals surface area contributed by atoms with Gasteiger partial charge < -0.3 is 19.5 Å². The molecule has 1 amide bonds. The molecule has 0 saturated carbocycles. The van der Waals surface area contributed by atoms with E-state index in [-0.39, 0.29) is 17.9 Å². The van der Waals surface area contributed by atoms with Gasteiger partial charge in [-0.2, -0.15) is 5.10 Å². The van der Waals surface area contributed by atoms with Crippen molar-refractivity contribution in [2.24, 2.45) is 13.0 Å². The fourth-order valence-electron chi connectivity index (χ4n) is 3.41. The Morgan fingerprint density at radius 3 is 2.70 bits per heavy atom. The number of amides is 1. The standard InChI is InChI=1S/C19H24FN3O4/c1-11(13-9-16(25-3)17(26-4)10-14(13)20)22-19(24)12-6-8-27-18(12)15-5-7-21-23(15)2/h5,7,9-12,18H,6,8H2,1-4H3,(H,22,24)/t11?,12-,18-/m1/s1. The van der Waals surface area contributed by atoms with E-state index in [2.05, 4.69) is 10.4 Å². The number of hydrogen-bond donors (Lipinski definition) is 1. The monoisotopic (exact) mass is 377 g/mol. The van der Waals surface area contributed by atoms with Gasteiger partial charge in [0.05, 0.1) is 31.9 Å². The zero-order chi connectivity index (χ0) is 19.6. The molecule has 1 saturated heterocycles. The summed E-state index contributed by atoms with van der Waals surface area (Å²) in [7, 11) is 4.74. The van der Waals surface area contributed by atoms with Gasteiger partial charge in [-0.1, -0.05) is 0 Å². The number of aryl methyl sites for hydroxylation is 1. The summed E-state index contributed by atoms with van der Waals surface area (Å²) in [5.41, 5.74) is 1.18. The summed E-state index contributed by atoms with van der Waals surface area (Å²) in [6.45, 7) is 2.23. The molecular weight excluding hydrogens is 353 g/mol. The summed E-state index contributed by atoms with van der Waals surface area (Å²) in [6, 6.07) is 4.11. The van der Waals surface area contributed by atoms with Gasteiger partial charge in [0, 0.05) is 31.5 Å². The van der Waals surface area contributed by atoms with Gasteiger partial charge in [0.1, 0.15) is 11.9 Å². The third kappa shape index (κ3) is 3.75. The molecule has 7 nitrogen and oxygen atoms in total. The van der Waals surface area contributed by atoms with Crippen molar-refractivity contribution in [1.82, 2.24) is 15.1 Å². The minimum atomic E-state index is -0.537. The van der Waals surface area contributed by atoms with E-state index >= 15 is 0 Å². The molecule has 2 aromatic rings. The summed E-state index contributed by atoms with van der Waals surface area (Å²) in [6.07, 6.45) is 1.91. The van der Waals surface area contributed by atoms with Crippen LogP contribution in [0.2, 0.25) is 0 Å². The highest BCUT2D eigenvalue weighted by molar-refractivity contribution is 5.80. The van der Waals surface area contributed by atoms with E-state index in [1.54, 1.807) is 23.9 Å².